The molecule has 0 aliphatic heterocycles. The van der Waals surface area contributed by atoms with Crippen LogP contribution in [0.5, 0.6) is 0 Å². The molecule has 0 spiro atoms. The van der Waals surface area contributed by atoms with Gasteiger partial charge >= 0.3 is 0 Å². The molecule has 0 bridgehead atoms. The summed E-state index contributed by atoms with van der Waals surface area (Å²) in [6.07, 6.45) is 5.28. The highest BCUT2D eigenvalue weighted by Crippen LogP contribution is 2.10. The van der Waals surface area contributed by atoms with E-state index in [-0.39, 0.29) is 12.2 Å². The van der Waals surface area contributed by atoms with E-state index < -0.39 is 0 Å². The third-order valence-corrected chi connectivity index (χ3v) is 2.85. The van der Waals surface area contributed by atoms with Crippen LogP contribution in [0.2, 0.25) is 0 Å². The van der Waals surface area contributed by atoms with E-state index >= 15 is 0 Å². The Morgan fingerprint density at radius 3 is 2.26 bits per heavy atom. The summed E-state index contributed by atoms with van der Waals surface area (Å²) in [7, 11) is 3.42. The monoisotopic (exact) mass is 275 g/mol. The summed E-state index contributed by atoms with van der Waals surface area (Å²) in [4.78, 5) is 0. The van der Waals surface area contributed by atoms with Crippen LogP contribution in [-0.4, -0.2) is 52.9 Å². The summed E-state index contributed by atoms with van der Waals surface area (Å²) >= 11 is 0. The molecule has 1 radical (unpaired) electrons. The van der Waals surface area contributed by atoms with Gasteiger partial charge in [-0.2, -0.15) is 0 Å². The van der Waals surface area contributed by atoms with E-state index in [2.05, 4.69) is 6.92 Å². The summed E-state index contributed by atoms with van der Waals surface area (Å²) in [6, 6.07) is 0. The molecule has 115 valence electrons. The molecule has 0 aliphatic carbocycles. The third kappa shape index (κ3) is 12.6. The highest BCUT2D eigenvalue weighted by molar-refractivity contribution is 4.62. The number of unbranched alkanes of at least 4 members (excludes halogenated alkanes) is 1. The van der Waals surface area contributed by atoms with Crippen molar-refractivity contribution < 1.29 is 18.9 Å². The molecule has 0 amide bonds. The van der Waals surface area contributed by atoms with E-state index in [1.807, 2.05) is 6.92 Å². The van der Waals surface area contributed by atoms with Crippen LogP contribution in [0.25, 0.3) is 0 Å². The van der Waals surface area contributed by atoms with E-state index in [1.165, 1.54) is 0 Å². The van der Waals surface area contributed by atoms with Crippen LogP contribution in [0.3, 0.4) is 0 Å². The molecule has 0 saturated carbocycles. The quantitative estimate of drug-likeness (QED) is 0.457. The molecule has 0 aromatic heterocycles. The van der Waals surface area contributed by atoms with Gasteiger partial charge in [0.25, 0.3) is 0 Å². The van der Waals surface area contributed by atoms with Crippen LogP contribution in [0, 0.1) is 6.92 Å². The number of hydrogen-bond acceptors (Lipinski definition) is 4. The smallest absolute Gasteiger partial charge is 0.0784 e. The van der Waals surface area contributed by atoms with Crippen molar-refractivity contribution in [3.8, 4) is 0 Å². The summed E-state index contributed by atoms with van der Waals surface area (Å²) in [5.41, 5.74) is 0. The van der Waals surface area contributed by atoms with E-state index in [1.54, 1.807) is 14.2 Å². The van der Waals surface area contributed by atoms with Crippen LogP contribution in [-0.2, 0) is 18.9 Å². The maximum atomic E-state index is 5.84. The molecule has 0 N–H and O–H groups in total. The fourth-order valence-electron chi connectivity index (χ4n) is 1.85. The predicted molar refractivity (Wildman–Crippen MR) is 77.3 cm³/mol. The molecular weight excluding hydrogens is 244 g/mol. The Morgan fingerprint density at radius 2 is 1.63 bits per heavy atom. The zero-order valence-electron chi connectivity index (χ0n) is 12.9. The van der Waals surface area contributed by atoms with Crippen molar-refractivity contribution in [3.05, 3.63) is 6.92 Å². The van der Waals surface area contributed by atoms with Crippen molar-refractivity contribution in [2.24, 2.45) is 0 Å². The highest BCUT2D eigenvalue weighted by atomic mass is 16.5. The molecule has 0 saturated heterocycles. The van der Waals surface area contributed by atoms with Crippen molar-refractivity contribution in [2.75, 3.05) is 40.6 Å². The van der Waals surface area contributed by atoms with Gasteiger partial charge in [-0.25, -0.2) is 0 Å². The van der Waals surface area contributed by atoms with Gasteiger partial charge in [-0.1, -0.05) is 6.92 Å². The molecule has 2 unspecified atom stereocenters. The fourth-order valence-corrected chi connectivity index (χ4v) is 1.85. The van der Waals surface area contributed by atoms with Gasteiger partial charge in [0.1, 0.15) is 0 Å². The zero-order valence-corrected chi connectivity index (χ0v) is 12.9. The van der Waals surface area contributed by atoms with Crippen molar-refractivity contribution in [2.45, 2.75) is 51.2 Å². The Hall–Kier alpha value is -0.160. The summed E-state index contributed by atoms with van der Waals surface area (Å²) in [6.45, 7) is 9.02. The minimum atomic E-state index is 0.131. The van der Waals surface area contributed by atoms with Crippen LogP contribution in [0.15, 0.2) is 0 Å². The lowest BCUT2D eigenvalue weighted by atomic mass is 10.1. The summed E-state index contributed by atoms with van der Waals surface area (Å²) in [5, 5.41) is 0. The lowest BCUT2D eigenvalue weighted by Crippen LogP contribution is -2.23. The second-order valence-electron chi connectivity index (χ2n) is 4.77. The van der Waals surface area contributed by atoms with Gasteiger partial charge in [0.15, 0.2) is 0 Å². The van der Waals surface area contributed by atoms with Crippen LogP contribution in [0.1, 0.15) is 39.0 Å². The largest absolute Gasteiger partial charge is 0.385 e. The van der Waals surface area contributed by atoms with Gasteiger partial charge in [0.2, 0.25) is 0 Å². The number of hydrogen-bond donors (Lipinski definition) is 0. The number of rotatable bonds is 14. The normalized spacial score (nSPS) is 14.5. The van der Waals surface area contributed by atoms with Gasteiger partial charge in [0.05, 0.1) is 18.8 Å². The Bertz CT molecular complexity index is 176. The number of ether oxygens (including phenoxy) is 4. The molecule has 0 heterocycles. The van der Waals surface area contributed by atoms with E-state index in [9.17, 15) is 0 Å². The first-order valence-corrected chi connectivity index (χ1v) is 7.24. The van der Waals surface area contributed by atoms with Gasteiger partial charge < -0.3 is 18.9 Å². The van der Waals surface area contributed by atoms with Crippen molar-refractivity contribution >= 4 is 0 Å². The Balaban J connectivity index is 3.40. The van der Waals surface area contributed by atoms with Crippen LogP contribution >= 0.6 is 0 Å². The van der Waals surface area contributed by atoms with Gasteiger partial charge in [-0.3, -0.25) is 0 Å². The maximum absolute atomic E-state index is 5.84. The molecule has 0 aromatic rings. The second-order valence-corrected chi connectivity index (χ2v) is 4.77. The summed E-state index contributed by atoms with van der Waals surface area (Å²) < 4.78 is 21.5. The Morgan fingerprint density at radius 1 is 0.947 bits per heavy atom. The molecule has 4 heteroatoms. The third-order valence-electron chi connectivity index (χ3n) is 2.85. The predicted octanol–water partition coefficient (Wildman–Crippen LogP) is 2.85. The Labute approximate surface area is 118 Å². The first-order chi connectivity index (χ1) is 9.24. The van der Waals surface area contributed by atoms with Gasteiger partial charge in [-0.05, 0) is 39.0 Å². The molecule has 4 nitrogen and oxygen atoms in total. The SMILES string of the molecule is [CH2]CC(CCCOCCCCOC)OC(C)COC. The second kappa shape index (κ2) is 14.3. The first-order valence-electron chi connectivity index (χ1n) is 7.24. The Kier molecular flexibility index (Phi) is 14.1. The molecular formula is C15H31O4. The van der Waals surface area contributed by atoms with Crippen molar-refractivity contribution in [1.82, 2.24) is 0 Å². The van der Waals surface area contributed by atoms with E-state index in [0.717, 1.165) is 51.9 Å². The van der Waals surface area contributed by atoms with Crippen LogP contribution in [0.4, 0.5) is 0 Å². The fraction of sp³-hybridized carbons (Fsp3) is 0.933. The minimum Gasteiger partial charge on any atom is -0.385 e. The van der Waals surface area contributed by atoms with Gasteiger partial charge in [0, 0.05) is 34.0 Å². The maximum Gasteiger partial charge on any atom is 0.0784 e. The van der Waals surface area contributed by atoms with Crippen molar-refractivity contribution in [1.29, 1.82) is 0 Å². The standard InChI is InChI=1S/C15H31O4/c1-5-15(19-14(2)13-17-4)9-8-12-18-11-7-6-10-16-3/h14-15H,1,5-13H2,2-4H3. The van der Waals surface area contributed by atoms with E-state index in [4.69, 9.17) is 18.9 Å². The van der Waals surface area contributed by atoms with Crippen molar-refractivity contribution in [3.63, 3.8) is 0 Å². The summed E-state index contributed by atoms with van der Waals surface area (Å²) in [5.74, 6) is 0. The minimum absolute atomic E-state index is 0.131. The molecule has 0 rings (SSSR count). The average molecular weight is 275 g/mol. The van der Waals surface area contributed by atoms with E-state index in [0.29, 0.717) is 6.61 Å². The highest BCUT2D eigenvalue weighted by Gasteiger charge is 2.11. The number of methoxy groups -OCH3 is 2. The lowest BCUT2D eigenvalue weighted by Gasteiger charge is -2.20. The van der Waals surface area contributed by atoms with Crippen LogP contribution < -0.4 is 0 Å². The molecule has 0 fully saturated rings. The lowest BCUT2D eigenvalue weighted by molar-refractivity contribution is -0.0434. The average Bonchev–Trinajstić information content (AvgIpc) is 2.40. The molecule has 19 heavy (non-hydrogen) atoms. The first kappa shape index (κ1) is 18.8. The molecule has 0 aliphatic rings. The molecule has 2 atom stereocenters. The zero-order chi connectivity index (χ0) is 14.3. The molecule has 0 aromatic carbocycles. The topological polar surface area (TPSA) is 36.9 Å². The van der Waals surface area contributed by atoms with Gasteiger partial charge in [-0.15, -0.1) is 0 Å².